The Kier molecular flexibility index (Phi) is 7.05. The van der Waals surface area contributed by atoms with E-state index in [9.17, 15) is 0 Å². The van der Waals surface area contributed by atoms with Crippen molar-refractivity contribution in [1.82, 2.24) is 14.9 Å². The Hall–Kier alpha value is -2.77. The van der Waals surface area contributed by atoms with Gasteiger partial charge >= 0.3 is 0 Å². The average Bonchev–Trinajstić information content (AvgIpc) is 2.81. The van der Waals surface area contributed by atoms with Crippen molar-refractivity contribution in [2.75, 3.05) is 50.2 Å². The quantitative estimate of drug-likeness (QED) is 0.580. The molecule has 3 aromatic rings. The Balaban J connectivity index is 1.28. The Morgan fingerprint density at radius 1 is 0.900 bits per heavy atom. The molecule has 0 spiro atoms. The number of ether oxygens (including phenoxy) is 2. The van der Waals surface area contributed by atoms with Crippen molar-refractivity contribution in [1.29, 1.82) is 0 Å². The lowest BCUT2D eigenvalue weighted by molar-refractivity contribution is 0.222. The third-order valence-corrected chi connectivity index (χ3v) is 5.91. The maximum atomic E-state index is 5.88. The molecule has 4 rings (SSSR count). The second kappa shape index (κ2) is 10.3. The van der Waals surface area contributed by atoms with Crippen LogP contribution in [0.25, 0.3) is 11.1 Å². The molecule has 1 aromatic heterocycles. The second-order valence-corrected chi connectivity index (χ2v) is 8.20. The van der Waals surface area contributed by atoms with Crippen LogP contribution in [0, 0.1) is 0 Å². The van der Waals surface area contributed by atoms with Crippen molar-refractivity contribution < 1.29 is 9.47 Å². The molecule has 2 aromatic carbocycles. The highest BCUT2D eigenvalue weighted by molar-refractivity contribution is 7.99. The summed E-state index contributed by atoms with van der Waals surface area (Å²) in [7, 11) is 1.66. The Morgan fingerprint density at radius 3 is 2.23 bits per heavy atom. The van der Waals surface area contributed by atoms with Crippen LogP contribution in [0.5, 0.6) is 11.5 Å². The third-order valence-electron chi connectivity index (χ3n) is 4.97. The van der Waals surface area contributed by atoms with Crippen LogP contribution >= 0.6 is 11.8 Å². The Bertz CT molecular complexity index is 911. The fourth-order valence-corrected chi connectivity index (χ4v) is 4.18. The van der Waals surface area contributed by atoms with Gasteiger partial charge in [0.05, 0.1) is 7.11 Å². The van der Waals surface area contributed by atoms with Gasteiger partial charge in [-0.2, -0.15) is 11.8 Å². The number of aromatic nitrogens is 2. The summed E-state index contributed by atoms with van der Waals surface area (Å²) in [6.45, 7) is 4.02. The van der Waals surface area contributed by atoms with E-state index in [2.05, 4.69) is 20.2 Å². The largest absolute Gasteiger partial charge is 0.497 e. The molecule has 0 saturated carbocycles. The smallest absolute Gasteiger partial charge is 0.227 e. The van der Waals surface area contributed by atoms with E-state index < -0.39 is 0 Å². The molecule has 1 aliphatic rings. The molecular weight excluding hydrogens is 396 g/mol. The lowest BCUT2D eigenvalue weighted by Crippen LogP contribution is -2.35. The van der Waals surface area contributed by atoms with Gasteiger partial charge in [0.25, 0.3) is 0 Å². The summed E-state index contributed by atoms with van der Waals surface area (Å²) in [4.78, 5) is 11.3. The molecule has 30 heavy (non-hydrogen) atoms. The monoisotopic (exact) mass is 422 g/mol. The van der Waals surface area contributed by atoms with Gasteiger partial charge in [-0.05, 0) is 42.0 Å². The molecule has 156 valence electrons. The van der Waals surface area contributed by atoms with Crippen LogP contribution < -0.4 is 14.8 Å². The van der Waals surface area contributed by atoms with Gasteiger partial charge in [-0.1, -0.05) is 12.1 Å². The van der Waals surface area contributed by atoms with Crippen LogP contribution in [0.3, 0.4) is 0 Å². The zero-order valence-corrected chi connectivity index (χ0v) is 17.9. The molecule has 1 fully saturated rings. The molecule has 0 radical (unpaired) electrons. The van der Waals surface area contributed by atoms with Crippen LogP contribution in [-0.2, 0) is 0 Å². The molecule has 6 nitrogen and oxygen atoms in total. The molecule has 0 atom stereocenters. The molecule has 2 heterocycles. The minimum Gasteiger partial charge on any atom is -0.497 e. The Morgan fingerprint density at radius 2 is 1.57 bits per heavy atom. The molecule has 1 saturated heterocycles. The zero-order chi connectivity index (χ0) is 20.6. The van der Waals surface area contributed by atoms with E-state index in [0.717, 1.165) is 47.9 Å². The first-order valence-corrected chi connectivity index (χ1v) is 11.2. The normalized spacial score (nSPS) is 14.3. The van der Waals surface area contributed by atoms with Gasteiger partial charge in [-0.15, -0.1) is 0 Å². The van der Waals surface area contributed by atoms with Crippen LogP contribution in [-0.4, -0.2) is 59.7 Å². The molecule has 1 N–H and O–H groups in total. The lowest BCUT2D eigenvalue weighted by Gasteiger charge is -2.25. The summed E-state index contributed by atoms with van der Waals surface area (Å²) >= 11 is 2.03. The summed E-state index contributed by atoms with van der Waals surface area (Å²) in [6, 6.07) is 15.7. The fourth-order valence-electron chi connectivity index (χ4n) is 3.21. The van der Waals surface area contributed by atoms with Gasteiger partial charge in [0.1, 0.15) is 18.1 Å². The average molecular weight is 423 g/mol. The number of hydrogen-bond acceptors (Lipinski definition) is 7. The highest BCUT2D eigenvalue weighted by Gasteiger charge is 2.09. The summed E-state index contributed by atoms with van der Waals surface area (Å²) in [5.74, 6) is 4.72. The predicted octanol–water partition coefficient (Wildman–Crippen LogP) is 4.32. The van der Waals surface area contributed by atoms with E-state index >= 15 is 0 Å². The number of methoxy groups -OCH3 is 1. The lowest BCUT2D eigenvalue weighted by atomic mass is 10.1. The number of rotatable bonds is 8. The molecule has 0 amide bonds. The molecule has 0 bridgehead atoms. The highest BCUT2D eigenvalue weighted by atomic mass is 32.2. The zero-order valence-electron chi connectivity index (χ0n) is 17.1. The van der Waals surface area contributed by atoms with Crippen LogP contribution in [0.15, 0.2) is 60.9 Å². The first kappa shape index (κ1) is 20.5. The molecule has 0 unspecified atom stereocenters. The van der Waals surface area contributed by atoms with E-state index in [1.54, 1.807) is 7.11 Å². The van der Waals surface area contributed by atoms with E-state index in [0.29, 0.717) is 12.6 Å². The number of benzene rings is 2. The van der Waals surface area contributed by atoms with Crippen molar-refractivity contribution in [3.63, 3.8) is 0 Å². The summed E-state index contributed by atoms with van der Waals surface area (Å²) in [6.07, 6.45) is 3.63. The Labute approximate surface area is 181 Å². The van der Waals surface area contributed by atoms with Gasteiger partial charge in [0.15, 0.2) is 0 Å². The van der Waals surface area contributed by atoms with Gasteiger partial charge in [-0.25, -0.2) is 9.97 Å². The predicted molar refractivity (Wildman–Crippen MR) is 123 cm³/mol. The topological polar surface area (TPSA) is 59.5 Å². The molecule has 0 aliphatic carbocycles. The van der Waals surface area contributed by atoms with Crippen LogP contribution in [0.4, 0.5) is 11.6 Å². The maximum absolute atomic E-state index is 5.88. The number of nitrogens with one attached hydrogen (secondary N) is 1. The summed E-state index contributed by atoms with van der Waals surface area (Å²) in [5.41, 5.74) is 2.93. The third kappa shape index (κ3) is 5.64. The molecule has 7 heteroatoms. The van der Waals surface area contributed by atoms with Crippen molar-refractivity contribution in [3.05, 3.63) is 60.9 Å². The van der Waals surface area contributed by atoms with Crippen LogP contribution in [0.2, 0.25) is 0 Å². The second-order valence-electron chi connectivity index (χ2n) is 6.98. The standard InChI is InChI=1S/C23H26N4O2S/c1-28-21-6-2-18(3-7-21)19-16-24-23(25-17-19)26-20-4-8-22(9-5-20)29-13-10-27-11-14-30-15-12-27/h2-9,16-17H,10-15H2,1H3,(H,24,25,26). The van der Waals surface area contributed by atoms with E-state index in [1.807, 2.05) is 72.7 Å². The van der Waals surface area contributed by atoms with Gasteiger partial charge in [-0.3, -0.25) is 4.90 Å². The molecular formula is C23H26N4O2S. The number of hydrogen-bond donors (Lipinski definition) is 1. The van der Waals surface area contributed by atoms with E-state index in [-0.39, 0.29) is 0 Å². The number of anilines is 2. The maximum Gasteiger partial charge on any atom is 0.227 e. The first-order valence-electron chi connectivity index (χ1n) is 10.1. The van der Waals surface area contributed by atoms with E-state index in [1.165, 1.54) is 11.5 Å². The first-order chi connectivity index (χ1) is 14.8. The number of nitrogens with zero attached hydrogens (tertiary/aromatic N) is 3. The summed E-state index contributed by atoms with van der Waals surface area (Å²) in [5, 5.41) is 3.23. The van der Waals surface area contributed by atoms with Gasteiger partial charge < -0.3 is 14.8 Å². The highest BCUT2D eigenvalue weighted by Crippen LogP contribution is 2.23. The van der Waals surface area contributed by atoms with Crippen LogP contribution in [0.1, 0.15) is 0 Å². The van der Waals surface area contributed by atoms with Crippen molar-refractivity contribution in [3.8, 4) is 22.6 Å². The fraction of sp³-hybridized carbons (Fsp3) is 0.304. The minimum atomic E-state index is 0.559. The van der Waals surface area contributed by atoms with Gasteiger partial charge in [0, 0.05) is 54.8 Å². The van der Waals surface area contributed by atoms with E-state index in [4.69, 9.17) is 9.47 Å². The van der Waals surface area contributed by atoms with Gasteiger partial charge in [0.2, 0.25) is 5.95 Å². The number of thioether (sulfide) groups is 1. The SMILES string of the molecule is COc1ccc(-c2cnc(Nc3ccc(OCCN4CCSCC4)cc3)nc2)cc1. The molecule has 1 aliphatic heterocycles. The van der Waals surface area contributed by atoms with Crippen molar-refractivity contribution in [2.45, 2.75) is 0 Å². The summed E-state index contributed by atoms with van der Waals surface area (Å²) < 4.78 is 11.1. The van der Waals surface area contributed by atoms with Crippen molar-refractivity contribution >= 4 is 23.4 Å². The van der Waals surface area contributed by atoms with Crippen molar-refractivity contribution in [2.24, 2.45) is 0 Å². The minimum absolute atomic E-state index is 0.559.